The van der Waals surface area contributed by atoms with Crippen LogP contribution in [0, 0.1) is 0 Å². The molecule has 0 bridgehead atoms. The van der Waals surface area contributed by atoms with Crippen LogP contribution < -0.4 is 5.32 Å². The minimum absolute atomic E-state index is 0.0467. The Hall–Kier alpha value is -1.85. The maximum Gasteiger partial charge on any atom is 0.248 e. The summed E-state index contributed by atoms with van der Waals surface area (Å²) in [5.41, 5.74) is -0.798. The zero-order valence-electron chi connectivity index (χ0n) is 12.9. The van der Waals surface area contributed by atoms with Crippen LogP contribution in [0.4, 0.5) is 0 Å². The van der Waals surface area contributed by atoms with Crippen molar-refractivity contribution in [3.63, 3.8) is 0 Å². The van der Waals surface area contributed by atoms with E-state index in [0.717, 1.165) is 12.2 Å². The highest BCUT2D eigenvalue weighted by molar-refractivity contribution is 5.93. The molecule has 116 valence electrons. The van der Waals surface area contributed by atoms with Crippen LogP contribution in [-0.4, -0.2) is 33.8 Å². The number of carbonyl (C=O) groups is 2. The zero-order chi connectivity index (χ0) is 15.5. The second-order valence-corrected chi connectivity index (χ2v) is 5.39. The lowest BCUT2D eigenvalue weighted by Crippen LogP contribution is -2.56. The summed E-state index contributed by atoms with van der Waals surface area (Å²) in [6.07, 6.45) is 3.93. The Kier molecular flexibility index (Phi) is 4.65. The number of aromatic nitrogens is 1. The first kappa shape index (κ1) is 15.5. The maximum atomic E-state index is 12.8. The van der Waals surface area contributed by atoms with Gasteiger partial charge in [-0.1, -0.05) is 20.8 Å². The summed E-state index contributed by atoms with van der Waals surface area (Å²) < 4.78 is 5.58. The van der Waals surface area contributed by atoms with Crippen LogP contribution in [0.1, 0.15) is 51.7 Å². The van der Waals surface area contributed by atoms with Gasteiger partial charge in [-0.05, 0) is 12.8 Å². The molecule has 2 rings (SSSR count). The Bertz CT molecular complexity index is 520. The Morgan fingerprint density at radius 1 is 1.33 bits per heavy atom. The van der Waals surface area contributed by atoms with Gasteiger partial charge in [0.1, 0.15) is 11.3 Å². The van der Waals surface area contributed by atoms with E-state index in [1.54, 1.807) is 11.1 Å². The van der Waals surface area contributed by atoms with Crippen LogP contribution in [0.15, 0.2) is 10.6 Å². The lowest BCUT2D eigenvalue weighted by Gasteiger charge is -2.33. The lowest BCUT2D eigenvalue weighted by atomic mass is 9.91. The van der Waals surface area contributed by atoms with Crippen molar-refractivity contribution in [1.29, 1.82) is 0 Å². The third-order valence-corrected chi connectivity index (χ3v) is 4.17. The number of aryl methyl sites for hydroxylation is 1. The van der Waals surface area contributed by atoms with Crippen molar-refractivity contribution in [3.8, 4) is 0 Å². The van der Waals surface area contributed by atoms with Crippen LogP contribution >= 0.6 is 0 Å². The second kappa shape index (κ2) is 6.28. The summed E-state index contributed by atoms with van der Waals surface area (Å²) in [6.45, 7) is 6.55. The Morgan fingerprint density at radius 2 is 2.05 bits per heavy atom. The van der Waals surface area contributed by atoms with Gasteiger partial charge in [0.05, 0.1) is 12.7 Å². The number of amides is 2. The molecule has 2 heterocycles. The first-order valence-electron chi connectivity index (χ1n) is 7.58. The number of hydrogen-bond donors (Lipinski definition) is 1. The molecule has 1 aromatic rings. The van der Waals surface area contributed by atoms with E-state index in [9.17, 15) is 9.59 Å². The zero-order valence-corrected chi connectivity index (χ0v) is 12.9. The molecular formula is C15H23N3O3. The largest absolute Gasteiger partial charge is 0.444 e. The summed E-state index contributed by atoms with van der Waals surface area (Å²) in [7, 11) is 0. The number of nitrogens with one attached hydrogen (secondary N) is 1. The van der Waals surface area contributed by atoms with Crippen LogP contribution in [0.5, 0.6) is 0 Å². The standard InChI is InChI=1S/C15H23N3O3/c1-4-11-9-16-13(21-11)10-18-8-7-12(19)17-15(5-2,6-3)14(18)20/h9H,4-8,10H2,1-3H3,(H,17,19). The average molecular weight is 293 g/mol. The molecule has 1 aliphatic rings. The van der Waals surface area contributed by atoms with Gasteiger partial charge in [-0.25, -0.2) is 4.98 Å². The van der Waals surface area contributed by atoms with Crippen molar-refractivity contribution in [2.75, 3.05) is 6.54 Å². The Balaban J connectivity index is 2.21. The van der Waals surface area contributed by atoms with E-state index in [1.807, 2.05) is 20.8 Å². The quantitative estimate of drug-likeness (QED) is 0.895. The predicted octanol–water partition coefficient (Wildman–Crippen LogP) is 1.64. The molecule has 0 saturated carbocycles. The molecule has 1 aromatic heterocycles. The molecule has 0 aliphatic carbocycles. The summed E-state index contributed by atoms with van der Waals surface area (Å²) in [4.78, 5) is 30.6. The van der Waals surface area contributed by atoms with E-state index in [-0.39, 0.29) is 11.8 Å². The lowest BCUT2D eigenvalue weighted by molar-refractivity contribution is -0.140. The van der Waals surface area contributed by atoms with Gasteiger partial charge in [0, 0.05) is 19.4 Å². The van der Waals surface area contributed by atoms with Gasteiger partial charge >= 0.3 is 0 Å². The van der Waals surface area contributed by atoms with Gasteiger partial charge in [0.25, 0.3) is 0 Å². The molecule has 1 fully saturated rings. The summed E-state index contributed by atoms with van der Waals surface area (Å²) in [5, 5.41) is 2.89. The molecule has 21 heavy (non-hydrogen) atoms. The predicted molar refractivity (Wildman–Crippen MR) is 77.4 cm³/mol. The number of oxazole rings is 1. The highest BCUT2D eigenvalue weighted by atomic mass is 16.4. The average Bonchev–Trinajstić information content (AvgIpc) is 2.91. The van der Waals surface area contributed by atoms with Gasteiger partial charge in [0.2, 0.25) is 17.7 Å². The molecule has 0 atom stereocenters. The molecule has 1 N–H and O–H groups in total. The van der Waals surface area contributed by atoms with E-state index in [2.05, 4.69) is 10.3 Å². The van der Waals surface area contributed by atoms with Gasteiger partial charge in [-0.3, -0.25) is 9.59 Å². The van der Waals surface area contributed by atoms with Crippen molar-refractivity contribution < 1.29 is 14.0 Å². The Labute approximate surface area is 124 Å². The topological polar surface area (TPSA) is 75.4 Å². The highest BCUT2D eigenvalue weighted by Crippen LogP contribution is 2.23. The molecule has 6 nitrogen and oxygen atoms in total. The van der Waals surface area contributed by atoms with E-state index in [0.29, 0.717) is 38.2 Å². The minimum Gasteiger partial charge on any atom is -0.444 e. The van der Waals surface area contributed by atoms with Crippen molar-refractivity contribution in [2.24, 2.45) is 0 Å². The van der Waals surface area contributed by atoms with Crippen LogP contribution in [0.2, 0.25) is 0 Å². The monoisotopic (exact) mass is 293 g/mol. The van der Waals surface area contributed by atoms with E-state index >= 15 is 0 Å². The minimum atomic E-state index is -0.798. The van der Waals surface area contributed by atoms with Gasteiger partial charge in [0.15, 0.2) is 0 Å². The van der Waals surface area contributed by atoms with E-state index < -0.39 is 5.54 Å². The normalized spacial score (nSPS) is 18.5. The van der Waals surface area contributed by atoms with Crippen molar-refractivity contribution in [2.45, 2.75) is 58.5 Å². The summed E-state index contributed by atoms with van der Waals surface area (Å²) in [5.74, 6) is 1.21. The molecule has 0 aromatic carbocycles. The first-order valence-corrected chi connectivity index (χ1v) is 7.58. The fourth-order valence-electron chi connectivity index (χ4n) is 2.65. The fourth-order valence-corrected chi connectivity index (χ4v) is 2.65. The van der Waals surface area contributed by atoms with Crippen molar-refractivity contribution in [1.82, 2.24) is 15.2 Å². The van der Waals surface area contributed by atoms with Crippen molar-refractivity contribution in [3.05, 3.63) is 17.8 Å². The molecule has 0 spiro atoms. The number of carbonyl (C=O) groups excluding carboxylic acids is 2. The highest BCUT2D eigenvalue weighted by Gasteiger charge is 2.42. The number of rotatable bonds is 5. The first-order chi connectivity index (χ1) is 10.0. The molecule has 2 amide bonds. The number of hydrogen-bond acceptors (Lipinski definition) is 4. The van der Waals surface area contributed by atoms with E-state index in [4.69, 9.17) is 4.42 Å². The van der Waals surface area contributed by atoms with Crippen LogP contribution in [0.25, 0.3) is 0 Å². The van der Waals surface area contributed by atoms with E-state index in [1.165, 1.54) is 0 Å². The molecule has 1 saturated heterocycles. The van der Waals surface area contributed by atoms with Crippen molar-refractivity contribution >= 4 is 11.8 Å². The van der Waals surface area contributed by atoms with Gasteiger partial charge in [-0.15, -0.1) is 0 Å². The summed E-state index contributed by atoms with van der Waals surface area (Å²) in [6, 6.07) is 0. The molecule has 0 unspecified atom stereocenters. The second-order valence-electron chi connectivity index (χ2n) is 5.39. The van der Waals surface area contributed by atoms with Gasteiger partial charge in [-0.2, -0.15) is 0 Å². The smallest absolute Gasteiger partial charge is 0.248 e. The summed E-state index contributed by atoms with van der Waals surface area (Å²) >= 11 is 0. The number of nitrogens with zero attached hydrogens (tertiary/aromatic N) is 2. The van der Waals surface area contributed by atoms with Crippen LogP contribution in [0.3, 0.4) is 0 Å². The van der Waals surface area contributed by atoms with Crippen LogP contribution in [-0.2, 0) is 22.6 Å². The molecule has 6 heteroatoms. The maximum absolute atomic E-state index is 12.8. The SMILES string of the molecule is CCc1cnc(CN2CCC(=O)NC(CC)(CC)C2=O)o1. The third kappa shape index (κ3) is 3.09. The Morgan fingerprint density at radius 3 is 2.62 bits per heavy atom. The molecular weight excluding hydrogens is 270 g/mol. The van der Waals surface area contributed by atoms with Gasteiger partial charge < -0.3 is 14.6 Å². The molecule has 0 radical (unpaired) electrons. The fraction of sp³-hybridized carbons (Fsp3) is 0.667. The third-order valence-electron chi connectivity index (χ3n) is 4.17. The molecule has 1 aliphatic heterocycles.